The van der Waals surface area contributed by atoms with Crippen LogP contribution in [0.1, 0.15) is 13.3 Å². The molecule has 0 bridgehead atoms. The lowest BCUT2D eigenvalue weighted by Gasteiger charge is -2.42. The van der Waals surface area contributed by atoms with Crippen LogP contribution >= 0.6 is 11.8 Å². The van der Waals surface area contributed by atoms with Crippen LogP contribution in [-0.4, -0.2) is 94.5 Å². The van der Waals surface area contributed by atoms with Crippen LogP contribution in [0.2, 0.25) is 0 Å². The minimum Gasteiger partial charge on any atom is -0.743 e. The van der Waals surface area contributed by atoms with Gasteiger partial charge >= 0.3 is 47.0 Å². The lowest BCUT2D eigenvalue weighted by Crippen LogP contribution is -2.75. The first-order valence-electron chi connectivity index (χ1n) is 9.73. The predicted molar refractivity (Wildman–Crippen MR) is 105 cm³/mol. The molecule has 0 atom stereocenters. The van der Waals surface area contributed by atoms with E-state index in [1.165, 1.54) is 23.0 Å². The number of hydrogen-bond donors (Lipinski definition) is 0. The Morgan fingerprint density at radius 3 is 1.30 bits per heavy atom. The number of ketones is 1. The third-order valence-corrected chi connectivity index (χ3v) is 9.48. The number of halogens is 17. The van der Waals surface area contributed by atoms with Gasteiger partial charge in [0.25, 0.3) is 0 Å². The summed E-state index contributed by atoms with van der Waals surface area (Å²) in [5.74, 6) is -45.7. The molecule has 1 fully saturated rings. The molecule has 0 aromatic carbocycles. The number of hydrogen-bond acceptors (Lipinski definition) is 5. The van der Waals surface area contributed by atoms with E-state index in [1.807, 2.05) is 18.7 Å². The van der Waals surface area contributed by atoms with Gasteiger partial charge in [-0.25, -0.2) is 8.42 Å². The Kier molecular flexibility index (Phi) is 11.7. The zero-order chi connectivity index (χ0) is 32.6. The average molecular weight is 690 g/mol. The number of thioether (sulfide) groups is 1. The van der Waals surface area contributed by atoms with Crippen molar-refractivity contribution in [3.8, 4) is 0 Å². The molecule has 0 aliphatic carbocycles. The van der Waals surface area contributed by atoms with E-state index in [0.29, 0.717) is 16.7 Å². The number of carbonyl (C=O) groups is 1. The van der Waals surface area contributed by atoms with Gasteiger partial charge in [-0.1, -0.05) is 6.92 Å². The van der Waals surface area contributed by atoms with Crippen LogP contribution in [0.3, 0.4) is 0 Å². The Morgan fingerprint density at radius 2 is 1.00 bits per heavy atom. The summed E-state index contributed by atoms with van der Waals surface area (Å²) < 4.78 is 244. The molecule has 0 spiro atoms. The Labute approximate surface area is 220 Å². The van der Waals surface area contributed by atoms with Gasteiger partial charge in [-0.15, -0.1) is 0 Å². The summed E-state index contributed by atoms with van der Waals surface area (Å²) in [6.07, 6.45) is -7.16. The fourth-order valence-electron chi connectivity index (χ4n) is 2.34. The summed E-state index contributed by atoms with van der Waals surface area (Å²) in [6, 6.07) is 0. The summed E-state index contributed by atoms with van der Waals surface area (Å²) in [5.41, 5.74) is 0. The molecule has 0 radical (unpaired) electrons. The van der Waals surface area contributed by atoms with Crippen molar-refractivity contribution in [1.29, 1.82) is 0 Å². The van der Waals surface area contributed by atoms with E-state index in [2.05, 4.69) is 0 Å². The molecular formula is C16H15F17O4S3. The minimum atomic E-state index is -8.92. The number of alkyl halides is 17. The van der Waals surface area contributed by atoms with Crippen molar-refractivity contribution >= 4 is 38.6 Å². The van der Waals surface area contributed by atoms with Gasteiger partial charge in [-0.05, 0) is 10.9 Å². The number of rotatable bonds is 10. The normalized spacial score (nSPS) is 17.8. The summed E-state index contributed by atoms with van der Waals surface area (Å²) in [4.78, 5) is 11.1. The highest BCUT2D eigenvalue weighted by Gasteiger charge is 2.95. The lowest BCUT2D eigenvalue weighted by molar-refractivity contribution is -0.458. The van der Waals surface area contributed by atoms with Gasteiger partial charge in [-0.3, -0.25) is 4.79 Å². The largest absolute Gasteiger partial charge is 0.743 e. The zero-order valence-electron chi connectivity index (χ0n) is 19.0. The maximum absolute atomic E-state index is 13.0. The van der Waals surface area contributed by atoms with Gasteiger partial charge in [0, 0.05) is 17.9 Å². The fourth-order valence-corrected chi connectivity index (χ4v) is 6.97. The van der Waals surface area contributed by atoms with Crippen molar-refractivity contribution < 1.29 is 92.4 Å². The van der Waals surface area contributed by atoms with Gasteiger partial charge in [-0.2, -0.15) is 86.4 Å². The van der Waals surface area contributed by atoms with Crippen LogP contribution in [0.4, 0.5) is 74.6 Å². The smallest absolute Gasteiger partial charge is 0.460 e. The third-order valence-electron chi connectivity index (χ3n) is 4.80. The van der Waals surface area contributed by atoms with Crippen LogP contribution in [0.15, 0.2) is 0 Å². The highest BCUT2D eigenvalue weighted by Crippen LogP contribution is 2.64. The van der Waals surface area contributed by atoms with E-state index in [4.69, 9.17) is 0 Å². The molecule has 1 rings (SSSR count). The van der Waals surface area contributed by atoms with E-state index in [9.17, 15) is 92.4 Å². The molecule has 0 aromatic rings. The van der Waals surface area contributed by atoms with Crippen molar-refractivity contribution in [2.75, 3.05) is 28.8 Å². The molecule has 0 unspecified atom stereocenters. The first kappa shape index (κ1) is 39.1. The first-order valence-corrected chi connectivity index (χ1v) is 14.0. The van der Waals surface area contributed by atoms with Crippen molar-refractivity contribution in [2.45, 2.75) is 60.3 Å². The second-order valence-electron chi connectivity index (χ2n) is 7.58. The van der Waals surface area contributed by atoms with E-state index < -0.39 is 57.1 Å². The molecule has 0 aromatic heterocycles. The minimum absolute atomic E-state index is 0.455. The second-order valence-corrected chi connectivity index (χ2v) is 12.6. The zero-order valence-corrected chi connectivity index (χ0v) is 21.5. The standard InChI is InChI=1S/C8HF17O3S.C8H15OS2/c9-1(10,3(13,14)5(17,18)7(21,22)23)2(11,12)4(15,16)6(19,20)8(24,25)29(26,27)28;1-2-8(9)7-11-5-3-10-4-6-11/h(H,26,27,28);2-7H2,1H3/q;+1/p-1. The molecule has 1 saturated heterocycles. The highest BCUT2D eigenvalue weighted by molar-refractivity contribution is 8.05. The van der Waals surface area contributed by atoms with E-state index in [-0.39, 0.29) is 0 Å². The summed E-state index contributed by atoms with van der Waals surface area (Å²) in [5, 5.41) is -7.95. The summed E-state index contributed by atoms with van der Waals surface area (Å²) in [7, 11) is -7.69. The average Bonchev–Trinajstić information content (AvgIpc) is 2.77. The predicted octanol–water partition coefficient (Wildman–Crippen LogP) is 5.83. The van der Waals surface area contributed by atoms with Crippen molar-refractivity contribution in [2.24, 2.45) is 0 Å². The van der Waals surface area contributed by atoms with E-state index >= 15 is 0 Å². The summed E-state index contributed by atoms with van der Waals surface area (Å²) in [6.45, 7) is 1.96. The first-order chi connectivity index (χ1) is 17.3. The highest BCUT2D eigenvalue weighted by atomic mass is 32.2. The van der Waals surface area contributed by atoms with Crippen molar-refractivity contribution in [3.63, 3.8) is 0 Å². The molecule has 40 heavy (non-hydrogen) atoms. The topological polar surface area (TPSA) is 74.3 Å². The van der Waals surface area contributed by atoms with Gasteiger partial charge in [0.1, 0.15) is 11.5 Å². The lowest BCUT2D eigenvalue weighted by atomic mass is 9.91. The van der Waals surface area contributed by atoms with E-state index in [0.717, 1.165) is 12.2 Å². The van der Waals surface area contributed by atoms with Crippen LogP contribution in [-0.2, 0) is 25.8 Å². The molecule has 0 amide bonds. The van der Waals surface area contributed by atoms with Crippen LogP contribution in [0.25, 0.3) is 0 Å². The molecule has 240 valence electrons. The molecular weight excluding hydrogens is 675 g/mol. The van der Waals surface area contributed by atoms with Gasteiger partial charge in [0.05, 0.1) is 0 Å². The Hall–Kier alpha value is -0.910. The van der Waals surface area contributed by atoms with Crippen LogP contribution in [0, 0.1) is 0 Å². The third kappa shape index (κ3) is 6.67. The molecule has 1 aliphatic heterocycles. The van der Waals surface area contributed by atoms with Crippen molar-refractivity contribution in [1.82, 2.24) is 0 Å². The second kappa shape index (κ2) is 12.0. The Bertz CT molecular complexity index is 989. The summed E-state index contributed by atoms with van der Waals surface area (Å²) >= 11 is 2.03. The maximum atomic E-state index is 13.0. The quantitative estimate of drug-likeness (QED) is 0.164. The molecule has 4 nitrogen and oxygen atoms in total. The van der Waals surface area contributed by atoms with Gasteiger partial charge in [0.15, 0.2) is 21.7 Å². The van der Waals surface area contributed by atoms with Gasteiger partial charge < -0.3 is 4.55 Å². The molecule has 0 saturated carbocycles. The molecule has 24 heteroatoms. The van der Waals surface area contributed by atoms with Crippen LogP contribution in [0.5, 0.6) is 0 Å². The Morgan fingerprint density at radius 1 is 0.675 bits per heavy atom. The molecule has 1 aliphatic rings. The SMILES string of the molecule is CCC(=O)C[S+]1CCSCC1.O=S(=O)([O-])C(F)(F)C(F)(F)C(F)(F)C(F)(F)C(F)(F)C(F)(F)C(F)(F)C(F)(F)F. The van der Waals surface area contributed by atoms with Crippen molar-refractivity contribution in [3.05, 3.63) is 0 Å². The number of carbonyl (C=O) groups excluding carboxylic acids is 1. The van der Waals surface area contributed by atoms with Crippen LogP contribution < -0.4 is 0 Å². The Balaban J connectivity index is 0.00000114. The number of Topliss-reactive ketones (excluding diaryl/α,β-unsaturated/α-hetero) is 1. The maximum Gasteiger partial charge on any atom is 0.460 e. The molecule has 1 heterocycles. The van der Waals surface area contributed by atoms with E-state index in [1.54, 1.807) is 0 Å². The monoisotopic (exact) mass is 690 g/mol. The molecule has 0 N–H and O–H groups in total. The van der Waals surface area contributed by atoms with Gasteiger partial charge in [0.2, 0.25) is 0 Å². The fraction of sp³-hybridized carbons (Fsp3) is 0.938.